The number of hydrogen-bond acceptors (Lipinski definition) is 4. The van der Waals surface area contributed by atoms with E-state index in [1.54, 1.807) is 0 Å². The summed E-state index contributed by atoms with van der Waals surface area (Å²) in [7, 11) is -6.85. The van der Waals surface area contributed by atoms with E-state index in [0.717, 1.165) is 0 Å². The van der Waals surface area contributed by atoms with Gasteiger partial charge in [0.15, 0.2) is 12.7 Å². The Morgan fingerprint density at radius 2 is 1.61 bits per heavy atom. The second kappa shape index (κ2) is 9.64. The average molecular weight is 452 g/mol. The molecular weight excluding hydrogens is 429 g/mol. The number of benzene rings is 1. The topological polar surface area (TPSA) is 44.8 Å². The average Bonchev–Trinajstić information content (AvgIpc) is 2.50. The molecule has 0 aliphatic heterocycles. The minimum atomic E-state index is -5.20. The predicted molar refractivity (Wildman–Crippen MR) is 95.0 cm³/mol. The summed E-state index contributed by atoms with van der Waals surface area (Å²) in [6.07, 6.45) is -12.9. The highest BCUT2D eigenvalue weighted by Crippen LogP contribution is 2.53. The molecule has 4 nitrogen and oxygen atoms in total. The van der Waals surface area contributed by atoms with Gasteiger partial charge in [0.1, 0.15) is 5.75 Å². The van der Waals surface area contributed by atoms with Crippen LogP contribution < -0.4 is 4.52 Å². The molecule has 0 spiro atoms. The van der Waals surface area contributed by atoms with Gasteiger partial charge in [0.25, 0.3) is 0 Å². The van der Waals surface area contributed by atoms with E-state index in [4.69, 9.17) is 4.52 Å². The minimum absolute atomic E-state index is 0.116. The van der Waals surface area contributed by atoms with Gasteiger partial charge in [0, 0.05) is 8.07 Å². The number of halogens is 6. The Morgan fingerprint density at radius 3 is 2.07 bits per heavy atom. The van der Waals surface area contributed by atoms with Crippen molar-refractivity contribution in [2.24, 2.45) is 0 Å². The van der Waals surface area contributed by atoms with E-state index in [0.29, 0.717) is 6.04 Å². The summed E-state index contributed by atoms with van der Waals surface area (Å²) in [5.41, 5.74) is 0. The third-order valence-corrected chi connectivity index (χ3v) is 6.61. The van der Waals surface area contributed by atoms with E-state index in [1.165, 1.54) is 30.3 Å². The maximum Gasteiger partial charge on any atom is 0.530 e. The molecule has 0 aliphatic carbocycles. The Labute approximate surface area is 160 Å². The summed E-state index contributed by atoms with van der Waals surface area (Å²) >= 11 is 0. The monoisotopic (exact) mass is 452 g/mol. The smallest absolute Gasteiger partial charge is 0.404 e. The second-order valence-electron chi connectivity index (χ2n) is 7.33. The first-order valence-corrected chi connectivity index (χ1v) is 13.6. The molecule has 0 aliphatic rings. The van der Waals surface area contributed by atoms with E-state index < -0.39 is 47.4 Å². The molecule has 28 heavy (non-hydrogen) atoms. The third-order valence-electron chi connectivity index (χ3n) is 3.36. The van der Waals surface area contributed by atoms with Crippen molar-refractivity contribution in [2.75, 3.05) is 6.61 Å². The summed E-state index contributed by atoms with van der Waals surface area (Å²) in [5.74, 6) is -0.240. The molecule has 0 bridgehead atoms. The summed E-state index contributed by atoms with van der Waals surface area (Å²) in [5, 5.41) is 0. The van der Waals surface area contributed by atoms with Crippen LogP contribution in [-0.4, -0.2) is 33.1 Å². The SMILES string of the molecule is C[Si](C)(C)CCC[C@H](O[P@@](=O)(OCC(F)(F)F)Oc1ccccc1)C(F)(F)F. The molecule has 0 fully saturated rings. The lowest BCUT2D eigenvalue weighted by Gasteiger charge is -2.26. The first kappa shape index (κ1) is 25.0. The van der Waals surface area contributed by atoms with Gasteiger partial charge >= 0.3 is 20.2 Å². The van der Waals surface area contributed by atoms with Crippen molar-refractivity contribution in [1.82, 2.24) is 0 Å². The molecule has 0 aromatic heterocycles. The fourth-order valence-electron chi connectivity index (χ4n) is 2.09. The van der Waals surface area contributed by atoms with E-state index in [-0.39, 0.29) is 12.2 Å². The largest absolute Gasteiger partial charge is 0.530 e. The van der Waals surface area contributed by atoms with Crippen molar-refractivity contribution in [1.29, 1.82) is 0 Å². The molecule has 1 aromatic rings. The van der Waals surface area contributed by atoms with Crippen LogP contribution in [0.2, 0.25) is 25.7 Å². The zero-order valence-corrected chi connectivity index (χ0v) is 17.5. The maximum absolute atomic E-state index is 13.3. The second-order valence-corrected chi connectivity index (χ2v) is 14.5. The first-order chi connectivity index (χ1) is 12.6. The van der Waals surface area contributed by atoms with E-state index in [9.17, 15) is 30.9 Å². The lowest BCUT2D eigenvalue weighted by atomic mass is 10.2. The van der Waals surface area contributed by atoms with Crippen LogP contribution in [0.4, 0.5) is 26.3 Å². The standard InChI is InChI=1S/C16H23F6O4PSi/c1-28(2,3)11-7-10-14(16(20,21)22)26-27(23,24-12-15(17,18)19)25-13-8-5-4-6-9-13/h4-6,8-9,14H,7,10-12H2,1-3H3/t14-,27-/m0/s1. The predicted octanol–water partition coefficient (Wildman–Crippen LogP) is 6.82. The molecular formula is C16H23F6O4PSi. The number of phosphoric acid groups is 1. The Morgan fingerprint density at radius 1 is 1.04 bits per heavy atom. The van der Waals surface area contributed by atoms with Crippen LogP contribution >= 0.6 is 7.82 Å². The first-order valence-electron chi connectivity index (χ1n) is 8.41. The normalized spacial score (nSPS) is 16.5. The number of para-hydroxylation sites is 1. The van der Waals surface area contributed by atoms with Crippen LogP contribution in [0, 0.1) is 0 Å². The van der Waals surface area contributed by atoms with Gasteiger partial charge in [-0.15, -0.1) is 0 Å². The molecule has 2 atom stereocenters. The van der Waals surface area contributed by atoms with Crippen LogP contribution in [-0.2, 0) is 13.6 Å². The van der Waals surface area contributed by atoms with Gasteiger partial charge in [-0.3, -0.25) is 9.05 Å². The fraction of sp³-hybridized carbons (Fsp3) is 0.625. The highest BCUT2D eigenvalue weighted by Gasteiger charge is 2.48. The van der Waals surface area contributed by atoms with Crippen molar-refractivity contribution in [3.05, 3.63) is 30.3 Å². The van der Waals surface area contributed by atoms with Gasteiger partial charge in [0.05, 0.1) is 0 Å². The Balaban J connectivity index is 2.99. The molecule has 1 aromatic carbocycles. The third kappa shape index (κ3) is 10.5. The quantitative estimate of drug-likeness (QED) is 0.222. The van der Waals surface area contributed by atoms with Crippen LogP contribution in [0.15, 0.2) is 30.3 Å². The van der Waals surface area contributed by atoms with E-state index >= 15 is 0 Å². The van der Waals surface area contributed by atoms with Crippen LogP contribution in [0.25, 0.3) is 0 Å². The van der Waals surface area contributed by atoms with Crippen molar-refractivity contribution in [2.45, 2.75) is 57.0 Å². The summed E-state index contributed by atoms with van der Waals surface area (Å²) < 4.78 is 103. The molecule has 0 saturated heterocycles. The van der Waals surface area contributed by atoms with Gasteiger partial charge in [0.2, 0.25) is 0 Å². The Hall–Kier alpha value is -1.03. The van der Waals surface area contributed by atoms with Gasteiger partial charge in [-0.05, 0) is 18.6 Å². The summed E-state index contributed by atoms with van der Waals surface area (Å²) in [4.78, 5) is 0. The Kier molecular flexibility index (Phi) is 8.61. The minimum Gasteiger partial charge on any atom is -0.404 e. The number of phosphoric ester groups is 1. The van der Waals surface area contributed by atoms with Gasteiger partial charge in [-0.1, -0.05) is 50.3 Å². The molecule has 0 amide bonds. The van der Waals surface area contributed by atoms with Crippen LogP contribution in [0.3, 0.4) is 0 Å². The van der Waals surface area contributed by atoms with Gasteiger partial charge in [-0.2, -0.15) is 26.3 Å². The van der Waals surface area contributed by atoms with E-state index in [1.807, 2.05) is 19.6 Å². The van der Waals surface area contributed by atoms with Crippen molar-refractivity contribution in [3.8, 4) is 5.75 Å². The Bertz CT molecular complexity index is 645. The molecule has 162 valence electrons. The molecule has 0 unspecified atom stereocenters. The highest BCUT2D eigenvalue weighted by molar-refractivity contribution is 7.49. The zero-order chi connectivity index (χ0) is 21.6. The van der Waals surface area contributed by atoms with E-state index in [2.05, 4.69) is 9.05 Å². The molecule has 0 saturated carbocycles. The summed E-state index contributed by atoms with van der Waals surface area (Å²) in [6, 6.07) is 7.29. The summed E-state index contributed by atoms with van der Waals surface area (Å²) in [6.45, 7) is 3.82. The molecule has 1 rings (SSSR count). The van der Waals surface area contributed by atoms with Crippen molar-refractivity contribution < 1.29 is 44.5 Å². The van der Waals surface area contributed by atoms with Gasteiger partial charge in [-0.25, -0.2) is 4.57 Å². The number of alkyl halides is 6. The molecule has 12 heteroatoms. The lowest BCUT2D eigenvalue weighted by molar-refractivity contribution is -0.204. The van der Waals surface area contributed by atoms with Crippen LogP contribution in [0.1, 0.15) is 12.8 Å². The molecule has 0 N–H and O–H groups in total. The van der Waals surface area contributed by atoms with Crippen molar-refractivity contribution >= 4 is 15.9 Å². The van der Waals surface area contributed by atoms with Gasteiger partial charge < -0.3 is 4.52 Å². The number of hydrogen-bond donors (Lipinski definition) is 0. The highest BCUT2D eigenvalue weighted by atomic mass is 31.2. The molecule has 0 radical (unpaired) electrons. The van der Waals surface area contributed by atoms with Crippen LogP contribution in [0.5, 0.6) is 5.75 Å². The maximum atomic E-state index is 13.3. The lowest BCUT2D eigenvalue weighted by Crippen LogP contribution is -2.33. The number of rotatable bonds is 10. The molecule has 0 heterocycles. The van der Waals surface area contributed by atoms with Crippen molar-refractivity contribution in [3.63, 3.8) is 0 Å². The zero-order valence-electron chi connectivity index (χ0n) is 15.6. The fourth-order valence-corrected chi connectivity index (χ4v) is 4.73.